The highest BCUT2D eigenvalue weighted by atomic mass is 35.5. The van der Waals surface area contributed by atoms with Crippen LogP contribution in [0.3, 0.4) is 0 Å². The smallest absolute Gasteiger partial charge is 0.273 e. The zero-order valence-corrected chi connectivity index (χ0v) is 20.7. The van der Waals surface area contributed by atoms with Gasteiger partial charge in [-0.2, -0.15) is 4.37 Å². The first-order chi connectivity index (χ1) is 16.6. The molecule has 0 saturated carbocycles. The fourth-order valence-corrected chi connectivity index (χ4v) is 4.26. The van der Waals surface area contributed by atoms with Crippen LogP contribution in [0.15, 0.2) is 48.5 Å². The Hall–Kier alpha value is -3.50. The van der Waals surface area contributed by atoms with E-state index in [9.17, 15) is 18.8 Å². The van der Waals surface area contributed by atoms with Gasteiger partial charge in [0.1, 0.15) is 16.7 Å². The highest BCUT2D eigenvalue weighted by Crippen LogP contribution is 2.33. The van der Waals surface area contributed by atoms with Crippen molar-refractivity contribution in [1.82, 2.24) is 9.69 Å². The molecule has 5 N–H and O–H groups in total. The van der Waals surface area contributed by atoms with Crippen LogP contribution in [-0.4, -0.2) is 28.6 Å². The molecule has 1 unspecified atom stereocenters. The molecule has 1 atom stereocenters. The number of aromatic nitrogens is 1. The van der Waals surface area contributed by atoms with E-state index in [2.05, 4.69) is 9.69 Å². The van der Waals surface area contributed by atoms with Gasteiger partial charge in [-0.25, -0.2) is 4.39 Å². The number of nitrogen functional groups attached to an aromatic ring is 1. The Morgan fingerprint density at radius 1 is 1.17 bits per heavy atom. The molecule has 35 heavy (non-hydrogen) atoms. The van der Waals surface area contributed by atoms with Gasteiger partial charge in [0.15, 0.2) is 5.69 Å². The molecule has 0 saturated heterocycles. The lowest BCUT2D eigenvalue weighted by Gasteiger charge is -2.31. The number of hydrogen-bond acceptors (Lipinski definition) is 6. The van der Waals surface area contributed by atoms with Crippen molar-refractivity contribution >= 4 is 52.2 Å². The summed E-state index contributed by atoms with van der Waals surface area (Å²) in [4.78, 5) is 40.0. The molecule has 3 rings (SSSR count). The van der Waals surface area contributed by atoms with Gasteiger partial charge in [-0.05, 0) is 59.8 Å². The lowest BCUT2D eigenvalue weighted by atomic mass is 10.0. The third kappa shape index (κ3) is 6.14. The maximum absolute atomic E-state index is 14.2. The first kappa shape index (κ1) is 26.1. The number of carbonyl (C=O) groups is 3. The predicted octanol–water partition coefficient (Wildman–Crippen LogP) is 4.17. The lowest BCUT2D eigenvalue weighted by molar-refractivity contribution is -0.122. The van der Waals surface area contributed by atoms with Gasteiger partial charge < -0.3 is 16.8 Å². The number of nitrogens with two attached hydrogens (primary N) is 2. The normalized spacial score (nSPS) is 11.8. The lowest BCUT2D eigenvalue weighted by Crippen LogP contribution is -2.44. The topological polar surface area (TPSA) is 131 Å². The maximum atomic E-state index is 14.2. The monoisotopic (exact) mass is 517 g/mol. The van der Waals surface area contributed by atoms with Gasteiger partial charge in [-0.3, -0.25) is 19.3 Å². The van der Waals surface area contributed by atoms with E-state index in [1.165, 1.54) is 18.2 Å². The molecule has 184 valence electrons. The van der Waals surface area contributed by atoms with Crippen LogP contribution in [0.1, 0.15) is 52.0 Å². The number of nitrogens with one attached hydrogen (secondary N) is 1. The van der Waals surface area contributed by atoms with Crippen LogP contribution in [0.4, 0.5) is 15.8 Å². The Balaban J connectivity index is 2.16. The quantitative estimate of drug-likeness (QED) is 0.392. The van der Waals surface area contributed by atoms with Crippen LogP contribution in [0.25, 0.3) is 0 Å². The summed E-state index contributed by atoms with van der Waals surface area (Å²) < 4.78 is 18.1. The molecule has 0 aliphatic carbocycles. The standard InChI is InChI=1S/C24H25ClFN5O3S/c1-13(2)10-11-29-23(33)20(14-6-8-15(25)9-7-14)31(17-5-3-4-16(26)12-17)24(34)21-18(27)19(22(28)32)30-35-21/h3-9,12-13,20H,10-11,27H2,1-2H3,(H2,28,32)(H,29,33). The van der Waals surface area contributed by atoms with Crippen molar-refractivity contribution in [2.45, 2.75) is 26.3 Å². The minimum absolute atomic E-state index is 0.1000. The molecule has 0 radical (unpaired) electrons. The van der Waals surface area contributed by atoms with Crippen LogP contribution in [0, 0.1) is 11.7 Å². The second-order valence-corrected chi connectivity index (χ2v) is 9.43. The van der Waals surface area contributed by atoms with Gasteiger partial charge in [0.05, 0.1) is 5.69 Å². The average molecular weight is 518 g/mol. The van der Waals surface area contributed by atoms with E-state index in [1.54, 1.807) is 24.3 Å². The van der Waals surface area contributed by atoms with Gasteiger partial charge in [-0.15, -0.1) is 0 Å². The van der Waals surface area contributed by atoms with Crippen LogP contribution >= 0.6 is 23.1 Å². The summed E-state index contributed by atoms with van der Waals surface area (Å²) in [5.41, 5.74) is 11.4. The number of nitrogens with zero attached hydrogens (tertiary/aromatic N) is 2. The summed E-state index contributed by atoms with van der Waals surface area (Å²) in [6.07, 6.45) is 0.719. The summed E-state index contributed by atoms with van der Waals surface area (Å²) in [7, 11) is 0. The molecule has 1 heterocycles. The summed E-state index contributed by atoms with van der Waals surface area (Å²) in [6.45, 7) is 4.42. The van der Waals surface area contributed by atoms with E-state index in [4.69, 9.17) is 23.1 Å². The van der Waals surface area contributed by atoms with Crippen LogP contribution in [0.2, 0.25) is 5.02 Å². The second kappa shape index (κ2) is 11.3. The van der Waals surface area contributed by atoms with Crippen molar-refractivity contribution in [2.75, 3.05) is 17.2 Å². The van der Waals surface area contributed by atoms with Crippen molar-refractivity contribution in [2.24, 2.45) is 11.7 Å². The molecular weight excluding hydrogens is 493 g/mol. The molecule has 3 aromatic rings. The maximum Gasteiger partial charge on any atom is 0.273 e. The molecule has 0 aliphatic heterocycles. The molecular formula is C24H25ClFN5O3S. The number of anilines is 2. The SMILES string of the molecule is CC(C)CCNC(=O)C(c1ccc(Cl)cc1)N(C(=O)c1snc(C(N)=O)c1N)c1cccc(F)c1. The number of hydrogen-bond donors (Lipinski definition) is 3. The average Bonchev–Trinajstić information content (AvgIpc) is 3.19. The molecule has 0 bridgehead atoms. The van der Waals surface area contributed by atoms with Gasteiger partial charge in [0, 0.05) is 17.3 Å². The highest BCUT2D eigenvalue weighted by molar-refractivity contribution is 7.09. The zero-order valence-electron chi connectivity index (χ0n) is 19.1. The Morgan fingerprint density at radius 3 is 2.43 bits per heavy atom. The Labute approximate surface area is 211 Å². The van der Waals surface area contributed by atoms with Crippen molar-refractivity contribution in [3.05, 3.63) is 75.5 Å². The third-order valence-corrected chi connectivity index (χ3v) is 6.28. The minimum Gasteiger partial charge on any atom is -0.395 e. The molecule has 2 aromatic carbocycles. The molecule has 3 amide bonds. The van der Waals surface area contributed by atoms with Crippen LogP contribution in [-0.2, 0) is 4.79 Å². The number of rotatable bonds is 9. The van der Waals surface area contributed by atoms with Crippen LogP contribution in [0.5, 0.6) is 0 Å². The van der Waals surface area contributed by atoms with E-state index >= 15 is 0 Å². The van der Waals surface area contributed by atoms with E-state index in [0.717, 1.165) is 17.4 Å². The zero-order chi connectivity index (χ0) is 25.7. The summed E-state index contributed by atoms with van der Waals surface area (Å²) >= 11 is 6.72. The van der Waals surface area contributed by atoms with Crippen molar-refractivity contribution < 1.29 is 18.8 Å². The molecule has 8 nitrogen and oxygen atoms in total. The Morgan fingerprint density at radius 2 is 1.86 bits per heavy atom. The van der Waals surface area contributed by atoms with Gasteiger partial charge in [0.25, 0.3) is 11.8 Å². The number of benzene rings is 2. The molecule has 1 aromatic heterocycles. The Kier molecular flexibility index (Phi) is 8.42. The first-order valence-corrected chi connectivity index (χ1v) is 11.9. The van der Waals surface area contributed by atoms with E-state index < -0.39 is 29.6 Å². The van der Waals surface area contributed by atoms with E-state index in [0.29, 0.717) is 34.6 Å². The number of primary amides is 1. The van der Waals surface area contributed by atoms with Crippen molar-refractivity contribution in [1.29, 1.82) is 0 Å². The first-order valence-electron chi connectivity index (χ1n) is 10.8. The molecule has 0 fully saturated rings. The van der Waals surface area contributed by atoms with Crippen molar-refractivity contribution in [3.8, 4) is 0 Å². The summed E-state index contributed by atoms with van der Waals surface area (Å²) in [5, 5.41) is 3.30. The molecule has 0 aliphatic rings. The van der Waals surface area contributed by atoms with E-state index in [1.807, 2.05) is 13.8 Å². The molecule has 11 heteroatoms. The summed E-state index contributed by atoms with van der Waals surface area (Å²) in [6, 6.07) is 10.5. The second-order valence-electron chi connectivity index (χ2n) is 8.22. The highest BCUT2D eigenvalue weighted by Gasteiger charge is 2.36. The number of amides is 3. The fraction of sp³-hybridized carbons (Fsp3) is 0.250. The van der Waals surface area contributed by atoms with Crippen molar-refractivity contribution in [3.63, 3.8) is 0 Å². The number of halogens is 2. The summed E-state index contributed by atoms with van der Waals surface area (Å²) in [5.74, 6) is -2.38. The number of carbonyl (C=O) groups excluding carboxylic acids is 3. The predicted molar refractivity (Wildman–Crippen MR) is 135 cm³/mol. The van der Waals surface area contributed by atoms with E-state index in [-0.39, 0.29) is 21.9 Å². The third-order valence-electron chi connectivity index (χ3n) is 5.17. The fourth-order valence-electron chi connectivity index (χ4n) is 3.39. The van der Waals surface area contributed by atoms with Gasteiger partial charge >= 0.3 is 0 Å². The van der Waals surface area contributed by atoms with Gasteiger partial charge in [-0.1, -0.05) is 43.6 Å². The molecule has 0 spiro atoms. The minimum atomic E-state index is -1.20. The Bertz CT molecular complexity index is 1230. The van der Waals surface area contributed by atoms with Crippen LogP contribution < -0.4 is 21.7 Å². The van der Waals surface area contributed by atoms with Gasteiger partial charge in [0.2, 0.25) is 5.91 Å². The largest absolute Gasteiger partial charge is 0.395 e.